The predicted octanol–water partition coefficient (Wildman–Crippen LogP) is 3.34. The van der Waals surface area contributed by atoms with Crippen LogP contribution in [0.5, 0.6) is 0 Å². The van der Waals surface area contributed by atoms with Gasteiger partial charge in [-0.3, -0.25) is 0 Å². The Hall–Kier alpha value is -0.540. The number of anilines is 1. The molecule has 0 aliphatic rings. The SMILES string of the molecule is CCC(C)(CCCl)Nc1ncc(Cl)cn1. The molecule has 1 aromatic heterocycles. The first-order valence-electron chi connectivity index (χ1n) is 4.91. The molecule has 0 saturated heterocycles. The summed E-state index contributed by atoms with van der Waals surface area (Å²) in [6.45, 7) is 4.21. The van der Waals surface area contributed by atoms with Gasteiger partial charge in [0.25, 0.3) is 0 Å². The fourth-order valence-corrected chi connectivity index (χ4v) is 1.70. The number of halogens is 2. The Morgan fingerprint density at radius 3 is 2.47 bits per heavy atom. The van der Waals surface area contributed by atoms with Crippen molar-refractivity contribution in [3.8, 4) is 0 Å². The highest BCUT2D eigenvalue weighted by atomic mass is 35.5. The Morgan fingerprint density at radius 2 is 2.00 bits per heavy atom. The molecule has 0 aliphatic heterocycles. The molecule has 1 unspecified atom stereocenters. The molecule has 1 rings (SSSR count). The Labute approximate surface area is 100 Å². The van der Waals surface area contributed by atoms with E-state index >= 15 is 0 Å². The molecule has 1 heterocycles. The van der Waals surface area contributed by atoms with Gasteiger partial charge in [-0.15, -0.1) is 11.6 Å². The van der Waals surface area contributed by atoms with E-state index in [2.05, 4.69) is 29.1 Å². The fraction of sp³-hybridized carbons (Fsp3) is 0.600. The second-order valence-electron chi connectivity index (χ2n) is 3.70. The number of nitrogens with one attached hydrogen (secondary N) is 1. The van der Waals surface area contributed by atoms with Crippen molar-refractivity contribution in [1.29, 1.82) is 0 Å². The van der Waals surface area contributed by atoms with Crippen LogP contribution in [0.2, 0.25) is 5.02 Å². The summed E-state index contributed by atoms with van der Waals surface area (Å²) in [7, 11) is 0. The number of hydrogen-bond donors (Lipinski definition) is 1. The quantitative estimate of drug-likeness (QED) is 0.812. The lowest BCUT2D eigenvalue weighted by Gasteiger charge is -2.28. The van der Waals surface area contributed by atoms with E-state index in [-0.39, 0.29) is 5.54 Å². The van der Waals surface area contributed by atoms with E-state index in [0.29, 0.717) is 16.9 Å². The van der Waals surface area contributed by atoms with E-state index in [1.807, 2.05) is 0 Å². The van der Waals surface area contributed by atoms with Gasteiger partial charge in [0.2, 0.25) is 5.95 Å². The van der Waals surface area contributed by atoms with Gasteiger partial charge in [0.05, 0.1) is 17.4 Å². The fourth-order valence-electron chi connectivity index (χ4n) is 1.18. The zero-order chi connectivity index (χ0) is 11.3. The average Bonchev–Trinajstić information content (AvgIpc) is 2.22. The summed E-state index contributed by atoms with van der Waals surface area (Å²) in [6, 6.07) is 0. The van der Waals surface area contributed by atoms with Crippen molar-refractivity contribution in [1.82, 2.24) is 9.97 Å². The third-order valence-electron chi connectivity index (χ3n) is 2.46. The van der Waals surface area contributed by atoms with Crippen molar-refractivity contribution in [3.05, 3.63) is 17.4 Å². The Morgan fingerprint density at radius 1 is 1.40 bits per heavy atom. The monoisotopic (exact) mass is 247 g/mol. The van der Waals surface area contributed by atoms with Gasteiger partial charge >= 0.3 is 0 Å². The maximum absolute atomic E-state index is 5.75. The van der Waals surface area contributed by atoms with Crippen molar-refractivity contribution in [2.24, 2.45) is 0 Å². The first-order chi connectivity index (χ1) is 7.09. The molecule has 5 heteroatoms. The standard InChI is InChI=1S/C10H15Cl2N3/c1-3-10(2,4-5-11)15-9-13-6-8(12)7-14-9/h6-7H,3-5H2,1-2H3,(H,13,14,15). The number of alkyl halides is 1. The summed E-state index contributed by atoms with van der Waals surface area (Å²) in [5, 5.41) is 3.81. The molecule has 1 N–H and O–H groups in total. The molecule has 0 spiro atoms. The van der Waals surface area contributed by atoms with Crippen LogP contribution in [0.1, 0.15) is 26.7 Å². The van der Waals surface area contributed by atoms with Crippen molar-refractivity contribution in [2.45, 2.75) is 32.2 Å². The number of rotatable bonds is 5. The van der Waals surface area contributed by atoms with Gasteiger partial charge in [-0.05, 0) is 19.8 Å². The van der Waals surface area contributed by atoms with Crippen molar-refractivity contribution in [2.75, 3.05) is 11.2 Å². The molecule has 3 nitrogen and oxygen atoms in total. The molecule has 0 aliphatic carbocycles. The molecule has 1 aromatic rings. The van der Waals surface area contributed by atoms with Crippen LogP contribution < -0.4 is 5.32 Å². The number of nitrogens with zero attached hydrogens (tertiary/aromatic N) is 2. The number of hydrogen-bond acceptors (Lipinski definition) is 3. The molecule has 0 amide bonds. The Bertz CT molecular complexity index is 302. The lowest BCUT2D eigenvalue weighted by atomic mass is 9.96. The van der Waals surface area contributed by atoms with Gasteiger partial charge < -0.3 is 5.32 Å². The highest BCUT2D eigenvalue weighted by Crippen LogP contribution is 2.20. The van der Waals surface area contributed by atoms with E-state index in [1.165, 1.54) is 0 Å². The maximum atomic E-state index is 5.75. The zero-order valence-electron chi connectivity index (χ0n) is 8.93. The third kappa shape index (κ3) is 3.84. The third-order valence-corrected chi connectivity index (χ3v) is 2.84. The largest absolute Gasteiger partial charge is 0.349 e. The van der Waals surface area contributed by atoms with Gasteiger partial charge in [-0.1, -0.05) is 18.5 Å². The van der Waals surface area contributed by atoms with E-state index in [0.717, 1.165) is 12.8 Å². The van der Waals surface area contributed by atoms with E-state index in [1.54, 1.807) is 12.4 Å². The Kier molecular flexibility index (Phi) is 4.61. The van der Waals surface area contributed by atoms with E-state index in [9.17, 15) is 0 Å². The van der Waals surface area contributed by atoms with Crippen molar-refractivity contribution < 1.29 is 0 Å². The Balaban J connectivity index is 2.70. The average molecular weight is 248 g/mol. The molecule has 1 atom stereocenters. The second kappa shape index (κ2) is 5.52. The molecule has 0 aromatic carbocycles. The van der Waals surface area contributed by atoms with Crippen LogP contribution in [-0.2, 0) is 0 Å². The molecule has 0 bridgehead atoms. The van der Waals surface area contributed by atoms with Gasteiger partial charge in [0, 0.05) is 11.4 Å². The van der Waals surface area contributed by atoms with Crippen LogP contribution in [0.3, 0.4) is 0 Å². The first-order valence-corrected chi connectivity index (χ1v) is 5.82. The minimum atomic E-state index is -0.0599. The number of aromatic nitrogens is 2. The van der Waals surface area contributed by atoms with Gasteiger partial charge in [-0.2, -0.15) is 0 Å². The minimum absolute atomic E-state index is 0.0599. The van der Waals surface area contributed by atoms with Crippen LogP contribution in [0.4, 0.5) is 5.95 Å². The minimum Gasteiger partial charge on any atom is -0.349 e. The highest BCUT2D eigenvalue weighted by molar-refractivity contribution is 6.30. The maximum Gasteiger partial charge on any atom is 0.223 e. The zero-order valence-corrected chi connectivity index (χ0v) is 10.4. The lowest BCUT2D eigenvalue weighted by Crippen LogP contribution is -2.35. The smallest absolute Gasteiger partial charge is 0.223 e. The van der Waals surface area contributed by atoms with Crippen molar-refractivity contribution >= 4 is 29.2 Å². The van der Waals surface area contributed by atoms with Crippen molar-refractivity contribution in [3.63, 3.8) is 0 Å². The molecule has 0 saturated carbocycles. The van der Waals surface area contributed by atoms with E-state index in [4.69, 9.17) is 23.2 Å². The molecular weight excluding hydrogens is 233 g/mol. The summed E-state index contributed by atoms with van der Waals surface area (Å²) < 4.78 is 0. The topological polar surface area (TPSA) is 37.8 Å². The summed E-state index contributed by atoms with van der Waals surface area (Å²) in [5.74, 6) is 1.21. The predicted molar refractivity (Wildman–Crippen MR) is 64.7 cm³/mol. The summed E-state index contributed by atoms with van der Waals surface area (Å²) in [5.41, 5.74) is -0.0599. The lowest BCUT2D eigenvalue weighted by molar-refractivity contribution is 0.477. The first kappa shape index (κ1) is 12.5. The van der Waals surface area contributed by atoms with E-state index < -0.39 is 0 Å². The molecule has 15 heavy (non-hydrogen) atoms. The molecule has 84 valence electrons. The van der Waals surface area contributed by atoms with Gasteiger partial charge in [0.15, 0.2) is 0 Å². The highest BCUT2D eigenvalue weighted by Gasteiger charge is 2.21. The summed E-state index contributed by atoms with van der Waals surface area (Å²) in [6.07, 6.45) is 4.99. The van der Waals surface area contributed by atoms with Crippen LogP contribution in [-0.4, -0.2) is 21.4 Å². The molecule has 0 fully saturated rings. The van der Waals surface area contributed by atoms with Crippen LogP contribution in [0, 0.1) is 0 Å². The van der Waals surface area contributed by atoms with Gasteiger partial charge in [-0.25, -0.2) is 9.97 Å². The molecule has 0 radical (unpaired) electrons. The van der Waals surface area contributed by atoms with Crippen LogP contribution >= 0.6 is 23.2 Å². The van der Waals surface area contributed by atoms with Crippen LogP contribution in [0.25, 0.3) is 0 Å². The summed E-state index contributed by atoms with van der Waals surface area (Å²) >= 11 is 11.5. The molecular formula is C10H15Cl2N3. The van der Waals surface area contributed by atoms with Gasteiger partial charge in [0.1, 0.15) is 0 Å². The normalized spacial score (nSPS) is 14.7. The second-order valence-corrected chi connectivity index (χ2v) is 4.52. The van der Waals surface area contributed by atoms with Crippen LogP contribution in [0.15, 0.2) is 12.4 Å². The summed E-state index contributed by atoms with van der Waals surface area (Å²) in [4.78, 5) is 8.19.